The lowest BCUT2D eigenvalue weighted by Crippen LogP contribution is -2.35. The molecule has 1 saturated heterocycles. The monoisotopic (exact) mass is 410 g/mol. The van der Waals surface area contributed by atoms with Gasteiger partial charge in [-0.1, -0.05) is 23.7 Å². The van der Waals surface area contributed by atoms with E-state index in [0.29, 0.717) is 22.3 Å². The Morgan fingerprint density at radius 1 is 1.17 bits per heavy atom. The Morgan fingerprint density at radius 2 is 1.97 bits per heavy atom. The molecule has 0 spiro atoms. The van der Waals surface area contributed by atoms with Crippen LogP contribution in [0.2, 0.25) is 5.02 Å². The molecule has 1 aliphatic rings. The van der Waals surface area contributed by atoms with Gasteiger partial charge in [-0.2, -0.15) is 0 Å². The van der Waals surface area contributed by atoms with E-state index in [-0.39, 0.29) is 0 Å². The number of para-hydroxylation sites is 1. The molecule has 4 rings (SSSR count). The topological polar surface area (TPSA) is 75.3 Å². The number of carbonyl (C=O) groups is 1. The number of esters is 1. The smallest absolute Gasteiger partial charge is 0.339 e. The van der Waals surface area contributed by atoms with Crippen LogP contribution < -0.4 is 16.0 Å². The Kier molecular flexibility index (Phi) is 5.83. The van der Waals surface area contributed by atoms with E-state index in [2.05, 4.69) is 20.9 Å². The lowest BCUT2D eigenvalue weighted by atomic mass is 10.1. The van der Waals surface area contributed by atoms with Crippen molar-refractivity contribution in [2.75, 3.05) is 30.8 Å². The summed E-state index contributed by atoms with van der Waals surface area (Å²) in [5, 5.41) is 11.9. The maximum absolute atomic E-state index is 12.2. The number of nitrogens with zero attached hydrogens (tertiary/aromatic N) is 1. The third-order valence-corrected chi connectivity index (χ3v) is 5.36. The van der Waals surface area contributed by atoms with Gasteiger partial charge in [-0.15, -0.1) is 0 Å². The summed E-state index contributed by atoms with van der Waals surface area (Å²) in [7, 11) is 1.38. The van der Waals surface area contributed by atoms with Gasteiger partial charge in [-0.3, -0.25) is 4.98 Å². The number of benzene rings is 2. The lowest BCUT2D eigenvalue weighted by molar-refractivity contribution is 0.0602. The minimum Gasteiger partial charge on any atom is -0.465 e. The van der Waals surface area contributed by atoms with Gasteiger partial charge < -0.3 is 20.7 Å². The van der Waals surface area contributed by atoms with Gasteiger partial charge >= 0.3 is 5.97 Å². The molecule has 1 fully saturated rings. The Labute approximate surface area is 174 Å². The maximum Gasteiger partial charge on any atom is 0.339 e. The number of aromatic nitrogens is 1. The molecule has 0 saturated carbocycles. The van der Waals surface area contributed by atoms with Crippen LogP contribution in [0.15, 0.2) is 48.7 Å². The molecule has 6 nitrogen and oxygen atoms in total. The molecular weight excluding hydrogens is 388 g/mol. The summed E-state index contributed by atoms with van der Waals surface area (Å²) >= 11 is 6.28. The summed E-state index contributed by atoms with van der Waals surface area (Å²) in [6.45, 7) is 1.97. The quantitative estimate of drug-likeness (QED) is 0.534. The molecule has 1 aromatic heterocycles. The molecule has 150 valence electrons. The summed E-state index contributed by atoms with van der Waals surface area (Å²) in [5.74, 6) is -0.391. The molecule has 29 heavy (non-hydrogen) atoms. The molecule has 0 atom stereocenters. The fraction of sp³-hybridized carbons (Fsp3) is 0.273. The van der Waals surface area contributed by atoms with Gasteiger partial charge in [0.25, 0.3) is 0 Å². The predicted octanol–water partition coefficient (Wildman–Crippen LogP) is 4.58. The number of anilines is 3. The second kappa shape index (κ2) is 8.68. The molecule has 7 heteroatoms. The number of pyridine rings is 1. The highest BCUT2D eigenvalue weighted by Crippen LogP contribution is 2.36. The van der Waals surface area contributed by atoms with Crippen molar-refractivity contribution >= 4 is 45.5 Å². The number of fused-ring (bicyclic) bond motifs is 1. The molecule has 3 aromatic rings. The average Bonchev–Trinajstić information content (AvgIpc) is 2.76. The van der Waals surface area contributed by atoms with Crippen LogP contribution in [-0.2, 0) is 4.74 Å². The maximum atomic E-state index is 12.2. The van der Waals surface area contributed by atoms with E-state index in [1.165, 1.54) is 7.11 Å². The number of carbonyl (C=O) groups excluding carboxylic acids is 1. The number of ether oxygens (including phenoxy) is 1. The largest absolute Gasteiger partial charge is 0.465 e. The van der Waals surface area contributed by atoms with E-state index >= 15 is 0 Å². The first-order valence-corrected chi connectivity index (χ1v) is 10.0. The van der Waals surface area contributed by atoms with E-state index in [1.807, 2.05) is 42.6 Å². The van der Waals surface area contributed by atoms with Gasteiger partial charge in [0.05, 0.1) is 41.4 Å². The first-order chi connectivity index (χ1) is 14.2. The summed E-state index contributed by atoms with van der Waals surface area (Å²) < 4.78 is 4.94. The van der Waals surface area contributed by atoms with Crippen molar-refractivity contribution in [1.82, 2.24) is 10.3 Å². The van der Waals surface area contributed by atoms with Gasteiger partial charge in [0.2, 0.25) is 0 Å². The van der Waals surface area contributed by atoms with Crippen molar-refractivity contribution in [3.8, 4) is 0 Å². The molecular formula is C22H23ClN4O2. The Balaban J connectivity index is 1.79. The Bertz CT molecular complexity index is 1030. The first-order valence-electron chi connectivity index (χ1n) is 9.65. The van der Waals surface area contributed by atoms with Gasteiger partial charge in [0, 0.05) is 16.5 Å². The van der Waals surface area contributed by atoms with Crippen LogP contribution in [0.5, 0.6) is 0 Å². The van der Waals surface area contributed by atoms with Gasteiger partial charge in [0.1, 0.15) is 0 Å². The van der Waals surface area contributed by atoms with E-state index in [9.17, 15) is 4.79 Å². The zero-order chi connectivity index (χ0) is 20.2. The molecule has 0 aliphatic carbocycles. The van der Waals surface area contributed by atoms with E-state index in [0.717, 1.165) is 48.2 Å². The average molecular weight is 411 g/mol. The Hall–Kier alpha value is -2.83. The van der Waals surface area contributed by atoms with Crippen molar-refractivity contribution < 1.29 is 9.53 Å². The van der Waals surface area contributed by atoms with Crippen molar-refractivity contribution in [3.05, 3.63) is 59.2 Å². The standard InChI is InChI=1S/C22H23ClN4O2/c1-29-22(28)16-4-2-3-5-19(16)27-21-17-12-14(23)6-7-18(17)25-13-20(21)26-15-8-10-24-11-9-15/h2-7,12-13,15,24,26H,8-11H2,1H3,(H,25,27). The molecule has 2 heterocycles. The fourth-order valence-electron chi connectivity index (χ4n) is 3.61. The summed E-state index contributed by atoms with van der Waals surface area (Å²) in [4.78, 5) is 16.8. The minimum absolute atomic E-state index is 0.353. The van der Waals surface area contributed by atoms with Crippen LogP contribution >= 0.6 is 11.6 Å². The normalized spacial score (nSPS) is 14.6. The molecule has 0 bridgehead atoms. The van der Waals surface area contributed by atoms with Crippen molar-refractivity contribution in [1.29, 1.82) is 0 Å². The second-order valence-electron chi connectivity index (χ2n) is 7.04. The number of hydrogen-bond donors (Lipinski definition) is 3. The highest BCUT2D eigenvalue weighted by molar-refractivity contribution is 6.31. The van der Waals surface area contributed by atoms with E-state index in [1.54, 1.807) is 6.07 Å². The second-order valence-corrected chi connectivity index (χ2v) is 7.48. The third-order valence-electron chi connectivity index (χ3n) is 5.12. The van der Waals surface area contributed by atoms with Crippen LogP contribution in [0.25, 0.3) is 10.9 Å². The number of methoxy groups -OCH3 is 1. The summed E-state index contributed by atoms with van der Waals surface area (Å²) in [6, 6.07) is 13.2. The van der Waals surface area contributed by atoms with Crippen molar-refractivity contribution in [2.24, 2.45) is 0 Å². The molecule has 0 amide bonds. The number of nitrogens with one attached hydrogen (secondary N) is 3. The van der Waals surface area contributed by atoms with Crippen LogP contribution in [0.3, 0.4) is 0 Å². The lowest BCUT2D eigenvalue weighted by Gasteiger charge is -2.26. The van der Waals surface area contributed by atoms with Gasteiger partial charge in [0.15, 0.2) is 0 Å². The van der Waals surface area contributed by atoms with Crippen molar-refractivity contribution in [3.63, 3.8) is 0 Å². The number of halogens is 1. The highest BCUT2D eigenvalue weighted by Gasteiger charge is 2.18. The molecule has 1 aliphatic heterocycles. The SMILES string of the molecule is COC(=O)c1ccccc1Nc1c(NC2CCNCC2)cnc2ccc(Cl)cc12. The Morgan fingerprint density at radius 3 is 2.76 bits per heavy atom. The fourth-order valence-corrected chi connectivity index (χ4v) is 3.78. The summed E-state index contributed by atoms with van der Waals surface area (Å²) in [6.07, 6.45) is 3.90. The minimum atomic E-state index is -0.391. The third kappa shape index (κ3) is 4.28. The number of hydrogen-bond acceptors (Lipinski definition) is 6. The van der Waals surface area contributed by atoms with E-state index < -0.39 is 5.97 Å². The summed E-state index contributed by atoms with van der Waals surface area (Å²) in [5.41, 5.74) is 3.68. The van der Waals surface area contributed by atoms with Crippen molar-refractivity contribution in [2.45, 2.75) is 18.9 Å². The zero-order valence-electron chi connectivity index (χ0n) is 16.2. The molecule has 0 radical (unpaired) electrons. The molecule has 0 unspecified atom stereocenters. The van der Waals surface area contributed by atoms with Crippen LogP contribution in [-0.4, -0.2) is 37.2 Å². The highest BCUT2D eigenvalue weighted by atomic mass is 35.5. The first kappa shape index (κ1) is 19.5. The predicted molar refractivity (Wildman–Crippen MR) is 117 cm³/mol. The van der Waals surface area contributed by atoms with Crippen LogP contribution in [0, 0.1) is 0 Å². The van der Waals surface area contributed by atoms with E-state index in [4.69, 9.17) is 16.3 Å². The number of piperidine rings is 1. The van der Waals surface area contributed by atoms with Crippen LogP contribution in [0.1, 0.15) is 23.2 Å². The zero-order valence-corrected chi connectivity index (χ0v) is 16.9. The molecule has 2 aromatic carbocycles. The van der Waals surface area contributed by atoms with Gasteiger partial charge in [-0.25, -0.2) is 4.79 Å². The number of rotatable bonds is 5. The molecule has 3 N–H and O–H groups in total. The van der Waals surface area contributed by atoms with Crippen LogP contribution in [0.4, 0.5) is 17.1 Å². The van der Waals surface area contributed by atoms with Gasteiger partial charge in [-0.05, 0) is 56.3 Å².